The molecule has 1 rings (SSSR count). The van der Waals surface area contributed by atoms with Crippen molar-refractivity contribution in [1.82, 2.24) is 10.1 Å². The second-order valence-corrected chi connectivity index (χ2v) is 4.40. The lowest BCUT2D eigenvalue weighted by atomic mass is 9.96. The lowest BCUT2D eigenvalue weighted by Crippen LogP contribution is -2.28. The van der Waals surface area contributed by atoms with Crippen LogP contribution in [0.4, 0.5) is 0 Å². The standard InChI is InChI=1S/C13H22N2O3/c1-6-10(16)9(4)11-14-12(15-18-11)13(7-2,8-3)17-5/h9H,6-8H2,1-5H3. The van der Waals surface area contributed by atoms with Crippen LogP contribution in [0.5, 0.6) is 0 Å². The molecule has 102 valence electrons. The van der Waals surface area contributed by atoms with Crippen LogP contribution in [-0.4, -0.2) is 23.0 Å². The van der Waals surface area contributed by atoms with Gasteiger partial charge in [-0.3, -0.25) is 4.79 Å². The number of Topliss-reactive ketones (excluding diaryl/α,β-unsaturated/α-hetero) is 1. The van der Waals surface area contributed by atoms with Gasteiger partial charge in [0.15, 0.2) is 0 Å². The summed E-state index contributed by atoms with van der Waals surface area (Å²) in [5, 5.41) is 3.98. The van der Waals surface area contributed by atoms with E-state index in [-0.39, 0.29) is 11.7 Å². The molecule has 1 aromatic heterocycles. The first-order valence-electron chi connectivity index (χ1n) is 6.46. The van der Waals surface area contributed by atoms with E-state index >= 15 is 0 Å². The van der Waals surface area contributed by atoms with E-state index in [4.69, 9.17) is 9.26 Å². The van der Waals surface area contributed by atoms with Crippen molar-refractivity contribution in [3.63, 3.8) is 0 Å². The topological polar surface area (TPSA) is 65.2 Å². The first kappa shape index (κ1) is 14.8. The molecule has 0 N–H and O–H groups in total. The summed E-state index contributed by atoms with van der Waals surface area (Å²) in [5.74, 6) is 0.654. The van der Waals surface area contributed by atoms with Gasteiger partial charge in [-0.2, -0.15) is 4.98 Å². The third-order valence-electron chi connectivity index (χ3n) is 3.58. The summed E-state index contributed by atoms with van der Waals surface area (Å²) < 4.78 is 10.7. The van der Waals surface area contributed by atoms with Crippen molar-refractivity contribution >= 4 is 5.78 Å². The summed E-state index contributed by atoms with van der Waals surface area (Å²) in [6.45, 7) is 7.65. The number of aromatic nitrogens is 2. The Kier molecular flexibility index (Phi) is 5.02. The number of hydrogen-bond acceptors (Lipinski definition) is 5. The summed E-state index contributed by atoms with van der Waals surface area (Å²) in [7, 11) is 1.64. The molecular formula is C13H22N2O3. The molecule has 5 nitrogen and oxygen atoms in total. The molecule has 0 aliphatic heterocycles. The predicted molar refractivity (Wildman–Crippen MR) is 67.3 cm³/mol. The maximum absolute atomic E-state index is 11.6. The summed E-state index contributed by atoms with van der Waals surface area (Å²) in [6, 6.07) is 0. The minimum atomic E-state index is -0.517. The molecule has 1 aromatic rings. The van der Waals surface area contributed by atoms with Crippen molar-refractivity contribution in [3.05, 3.63) is 11.7 Å². The van der Waals surface area contributed by atoms with Crippen molar-refractivity contribution in [1.29, 1.82) is 0 Å². The highest BCUT2D eigenvalue weighted by molar-refractivity contribution is 5.83. The van der Waals surface area contributed by atoms with Gasteiger partial charge >= 0.3 is 0 Å². The van der Waals surface area contributed by atoms with Crippen LogP contribution < -0.4 is 0 Å². The monoisotopic (exact) mass is 254 g/mol. The third-order valence-corrected chi connectivity index (χ3v) is 3.58. The summed E-state index contributed by atoms with van der Waals surface area (Å²) in [4.78, 5) is 16.0. The molecule has 0 saturated heterocycles. The molecule has 0 aliphatic carbocycles. The summed E-state index contributed by atoms with van der Waals surface area (Å²) in [6.07, 6.45) is 1.99. The molecule has 1 atom stereocenters. The maximum atomic E-state index is 11.6. The van der Waals surface area contributed by atoms with E-state index in [0.717, 1.165) is 12.8 Å². The van der Waals surface area contributed by atoms with E-state index in [2.05, 4.69) is 10.1 Å². The van der Waals surface area contributed by atoms with Crippen LogP contribution >= 0.6 is 0 Å². The normalized spacial score (nSPS) is 13.6. The number of rotatable bonds is 7. The molecule has 0 fully saturated rings. The fourth-order valence-electron chi connectivity index (χ4n) is 1.99. The molecule has 0 spiro atoms. The molecule has 18 heavy (non-hydrogen) atoms. The Labute approximate surface area is 108 Å². The summed E-state index contributed by atoms with van der Waals surface area (Å²) in [5.41, 5.74) is -0.517. The van der Waals surface area contributed by atoms with Gasteiger partial charge in [0.05, 0.1) is 5.92 Å². The predicted octanol–water partition coefficient (Wildman–Crippen LogP) is 2.81. The molecule has 0 aromatic carbocycles. The van der Waals surface area contributed by atoms with E-state index in [1.165, 1.54) is 0 Å². The fraction of sp³-hybridized carbons (Fsp3) is 0.769. The number of hydrogen-bond donors (Lipinski definition) is 0. The Bertz CT molecular complexity index is 388. The number of nitrogens with zero attached hydrogens (tertiary/aromatic N) is 2. The van der Waals surface area contributed by atoms with Crippen molar-refractivity contribution in [2.75, 3.05) is 7.11 Å². The summed E-state index contributed by atoms with van der Waals surface area (Å²) >= 11 is 0. The van der Waals surface area contributed by atoms with Crippen LogP contribution in [0, 0.1) is 0 Å². The van der Waals surface area contributed by atoms with Gasteiger partial charge in [0, 0.05) is 13.5 Å². The second kappa shape index (κ2) is 6.09. The van der Waals surface area contributed by atoms with E-state index in [9.17, 15) is 4.79 Å². The van der Waals surface area contributed by atoms with Crippen LogP contribution in [0.2, 0.25) is 0 Å². The van der Waals surface area contributed by atoms with Crippen LogP contribution in [-0.2, 0) is 15.1 Å². The van der Waals surface area contributed by atoms with Gasteiger partial charge < -0.3 is 9.26 Å². The SMILES string of the molecule is CCC(=O)C(C)c1nc(C(CC)(CC)OC)no1. The highest BCUT2D eigenvalue weighted by Gasteiger charge is 2.34. The molecule has 0 amide bonds. The van der Waals surface area contributed by atoms with E-state index in [1.807, 2.05) is 20.8 Å². The van der Waals surface area contributed by atoms with Crippen LogP contribution in [0.15, 0.2) is 4.52 Å². The van der Waals surface area contributed by atoms with Crippen LogP contribution in [0.3, 0.4) is 0 Å². The van der Waals surface area contributed by atoms with E-state index in [0.29, 0.717) is 18.1 Å². The van der Waals surface area contributed by atoms with Gasteiger partial charge in [0.25, 0.3) is 0 Å². The Morgan fingerprint density at radius 1 is 1.39 bits per heavy atom. The highest BCUT2D eigenvalue weighted by atomic mass is 16.5. The van der Waals surface area contributed by atoms with Gasteiger partial charge in [0.1, 0.15) is 11.4 Å². The molecule has 0 aliphatic rings. The van der Waals surface area contributed by atoms with Crippen molar-refractivity contribution in [3.8, 4) is 0 Å². The lowest BCUT2D eigenvalue weighted by Gasteiger charge is -2.25. The maximum Gasteiger partial charge on any atom is 0.237 e. The zero-order chi connectivity index (χ0) is 13.8. The number of carbonyl (C=O) groups excluding carboxylic acids is 1. The fourth-order valence-corrected chi connectivity index (χ4v) is 1.99. The molecule has 5 heteroatoms. The average Bonchev–Trinajstić information content (AvgIpc) is 2.90. The Hall–Kier alpha value is -1.23. The van der Waals surface area contributed by atoms with Crippen LogP contribution in [0.1, 0.15) is 64.6 Å². The smallest absolute Gasteiger partial charge is 0.237 e. The number of carbonyl (C=O) groups is 1. The van der Waals surface area contributed by atoms with E-state index < -0.39 is 5.60 Å². The Balaban J connectivity index is 3.01. The van der Waals surface area contributed by atoms with Gasteiger partial charge in [0.2, 0.25) is 11.7 Å². The first-order chi connectivity index (χ1) is 8.54. The quantitative estimate of drug-likeness (QED) is 0.748. The van der Waals surface area contributed by atoms with Gasteiger partial charge in [-0.15, -0.1) is 0 Å². The van der Waals surface area contributed by atoms with Gasteiger partial charge in [-0.05, 0) is 19.8 Å². The van der Waals surface area contributed by atoms with Crippen molar-refractivity contribution in [2.24, 2.45) is 0 Å². The first-order valence-corrected chi connectivity index (χ1v) is 6.46. The molecule has 0 saturated carbocycles. The zero-order valence-corrected chi connectivity index (χ0v) is 11.8. The minimum Gasteiger partial charge on any atom is -0.370 e. The molecule has 0 bridgehead atoms. The van der Waals surface area contributed by atoms with E-state index in [1.54, 1.807) is 14.0 Å². The lowest BCUT2D eigenvalue weighted by molar-refractivity contribution is -0.120. The molecule has 0 radical (unpaired) electrons. The average molecular weight is 254 g/mol. The Morgan fingerprint density at radius 2 is 2.00 bits per heavy atom. The Morgan fingerprint density at radius 3 is 2.44 bits per heavy atom. The number of methoxy groups -OCH3 is 1. The van der Waals surface area contributed by atoms with Gasteiger partial charge in [-0.1, -0.05) is 25.9 Å². The number of ether oxygens (including phenoxy) is 1. The second-order valence-electron chi connectivity index (χ2n) is 4.40. The third kappa shape index (κ3) is 2.61. The minimum absolute atomic E-state index is 0.0983. The molecule has 1 unspecified atom stereocenters. The van der Waals surface area contributed by atoms with Crippen LogP contribution in [0.25, 0.3) is 0 Å². The van der Waals surface area contributed by atoms with Crippen molar-refractivity contribution < 1.29 is 14.1 Å². The number of ketones is 1. The van der Waals surface area contributed by atoms with Gasteiger partial charge in [-0.25, -0.2) is 0 Å². The highest BCUT2D eigenvalue weighted by Crippen LogP contribution is 2.31. The molecular weight excluding hydrogens is 232 g/mol. The van der Waals surface area contributed by atoms with Crippen molar-refractivity contribution in [2.45, 2.75) is 58.5 Å². The molecule has 1 heterocycles. The largest absolute Gasteiger partial charge is 0.370 e. The zero-order valence-electron chi connectivity index (χ0n) is 11.8.